The minimum atomic E-state index is -0.577. The molecule has 1 atom stereocenters. The van der Waals surface area contributed by atoms with Gasteiger partial charge in [-0.25, -0.2) is 0 Å². The number of amides is 1. The number of benzene rings is 1. The number of carbonyl (C=O) groups excluding carboxylic acids is 1. The minimum Gasteiger partial charge on any atom is -0.493 e. The molecule has 116 valence electrons. The monoisotopic (exact) mass is 292 g/mol. The second kappa shape index (κ2) is 7.31. The molecule has 0 saturated heterocycles. The van der Waals surface area contributed by atoms with Gasteiger partial charge in [0.05, 0.1) is 7.11 Å². The second-order valence-corrected chi connectivity index (χ2v) is 5.40. The van der Waals surface area contributed by atoms with Crippen LogP contribution < -0.4 is 20.5 Å². The number of nitrogens with one attached hydrogen (secondary N) is 1. The Balaban J connectivity index is 2.04. The van der Waals surface area contributed by atoms with E-state index in [9.17, 15) is 4.79 Å². The zero-order valence-corrected chi connectivity index (χ0v) is 12.7. The van der Waals surface area contributed by atoms with Crippen molar-refractivity contribution in [2.75, 3.05) is 7.11 Å². The minimum absolute atomic E-state index is 0.0872. The second-order valence-electron chi connectivity index (χ2n) is 5.40. The van der Waals surface area contributed by atoms with E-state index >= 15 is 0 Å². The van der Waals surface area contributed by atoms with Gasteiger partial charge < -0.3 is 20.5 Å². The summed E-state index contributed by atoms with van der Waals surface area (Å²) in [5.74, 6) is 1.06. The van der Waals surface area contributed by atoms with Gasteiger partial charge in [0, 0.05) is 18.2 Å². The van der Waals surface area contributed by atoms with Gasteiger partial charge in [-0.15, -0.1) is 0 Å². The first-order valence-electron chi connectivity index (χ1n) is 7.48. The first kappa shape index (κ1) is 15.6. The summed E-state index contributed by atoms with van der Waals surface area (Å²) in [4.78, 5) is 12.2. The predicted octanol–water partition coefficient (Wildman–Crippen LogP) is 1.98. The lowest BCUT2D eigenvalue weighted by Crippen LogP contribution is -2.41. The first-order chi connectivity index (χ1) is 10.2. The van der Waals surface area contributed by atoms with E-state index in [-0.39, 0.29) is 11.9 Å². The van der Waals surface area contributed by atoms with Crippen LogP contribution in [-0.2, 0) is 11.3 Å². The van der Waals surface area contributed by atoms with Crippen LogP contribution in [0, 0.1) is 0 Å². The predicted molar refractivity (Wildman–Crippen MR) is 81.4 cm³/mol. The van der Waals surface area contributed by atoms with Gasteiger partial charge in [-0.1, -0.05) is 25.0 Å². The lowest BCUT2D eigenvalue weighted by molar-refractivity contribution is -0.128. The number of para-hydroxylation sites is 1. The average molecular weight is 292 g/mol. The van der Waals surface area contributed by atoms with Gasteiger partial charge in [0.2, 0.25) is 0 Å². The molecule has 1 fully saturated rings. The van der Waals surface area contributed by atoms with E-state index in [1.54, 1.807) is 20.1 Å². The number of methoxy groups -OCH3 is 1. The summed E-state index contributed by atoms with van der Waals surface area (Å²) >= 11 is 0. The Morgan fingerprint density at radius 3 is 2.76 bits per heavy atom. The van der Waals surface area contributed by atoms with Crippen molar-refractivity contribution in [3.8, 4) is 11.5 Å². The molecule has 1 unspecified atom stereocenters. The van der Waals surface area contributed by atoms with Crippen LogP contribution in [0.5, 0.6) is 11.5 Å². The quantitative estimate of drug-likeness (QED) is 0.841. The third-order valence-electron chi connectivity index (χ3n) is 3.87. The van der Waals surface area contributed by atoms with E-state index in [0.717, 1.165) is 18.4 Å². The smallest absolute Gasteiger partial charge is 0.260 e. The molecular formula is C16H24N2O3. The third-order valence-corrected chi connectivity index (χ3v) is 3.87. The lowest BCUT2D eigenvalue weighted by atomic mass is 10.2. The summed E-state index contributed by atoms with van der Waals surface area (Å²) in [6.45, 7) is 2.08. The molecule has 1 amide bonds. The van der Waals surface area contributed by atoms with Gasteiger partial charge in [0.15, 0.2) is 17.6 Å². The molecule has 0 aliphatic heterocycles. The van der Waals surface area contributed by atoms with Crippen molar-refractivity contribution in [2.45, 2.75) is 51.3 Å². The molecule has 0 radical (unpaired) electrons. The molecule has 5 heteroatoms. The molecule has 3 N–H and O–H groups in total. The standard InChI is InChI=1S/C16H24N2O3/c1-11(16(19)18-13-7-3-4-8-13)21-15-12(10-17)6-5-9-14(15)20-2/h5-6,9,11,13H,3-4,7-8,10,17H2,1-2H3,(H,18,19). The highest BCUT2D eigenvalue weighted by Gasteiger charge is 2.23. The van der Waals surface area contributed by atoms with E-state index in [1.165, 1.54) is 12.8 Å². The third kappa shape index (κ3) is 3.88. The van der Waals surface area contributed by atoms with Crippen molar-refractivity contribution in [1.29, 1.82) is 0 Å². The number of hydrogen-bond acceptors (Lipinski definition) is 4. The Kier molecular flexibility index (Phi) is 5.44. The van der Waals surface area contributed by atoms with Crippen LogP contribution in [0.25, 0.3) is 0 Å². The van der Waals surface area contributed by atoms with Crippen molar-refractivity contribution in [3.05, 3.63) is 23.8 Å². The molecule has 1 aromatic rings. The fraction of sp³-hybridized carbons (Fsp3) is 0.562. The van der Waals surface area contributed by atoms with E-state index in [4.69, 9.17) is 15.2 Å². The molecule has 1 aliphatic carbocycles. The van der Waals surface area contributed by atoms with Gasteiger partial charge in [0.1, 0.15) is 0 Å². The van der Waals surface area contributed by atoms with Crippen LogP contribution in [-0.4, -0.2) is 25.2 Å². The van der Waals surface area contributed by atoms with E-state index in [2.05, 4.69) is 5.32 Å². The molecule has 2 rings (SSSR count). The Labute approximate surface area is 125 Å². The number of carbonyl (C=O) groups is 1. The normalized spacial score (nSPS) is 16.5. The van der Waals surface area contributed by atoms with Gasteiger partial charge >= 0.3 is 0 Å². The van der Waals surface area contributed by atoms with Gasteiger partial charge in [0.25, 0.3) is 5.91 Å². The average Bonchev–Trinajstić information content (AvgIpc) is 3.00. The van der Waals surface area contributed by atoms with Crippen LogP contribution in [0.3, 0.4) is 0 Å². The number of hydrogen-bond donors (Lipinski definition) is 2. The zero-order valence-electron chi connectivity index (χ0n) is 12.7. The van der Waals surface area contributed by atoms with Crippen LogP contribution in [0.1, 0.15) is 38.2 Å². The highest BCUT2D eigenvalue weighted by Crippen LogP contribution is 2.31. The summed E-state index contributed by atoms with van der Waals surface area (Å²) in [5.41, 5.74) is 6.55. The van der Waals surface area contributed by atoms with Crippen molar-refractivity contribution < 1.29 is 14.3 Å². The fourth-order valence-corrected chi connectivity index (χ4v) is 2.64. The first-order valence-corrected chi connectivity index (χ1v) is 7.48. The molecule has 0 bridgehead atoms. The molecule has 1 aromatic carbocycles. The summed E-state index contributed by atoms with van der Waals surface area (Å²) in [5, 5.41) is 3.04. The lowest BCUT2D eigenvalue weighted by Gasteiger charge is -2.20. The summed E-state index contributed by atoms with van der Waals surface area (Å²) in [6, 6.07) is 5.82. The van der Waals surface area contributed by atoms with Crippen LogP contribution >= 0.6 is 0 Å². The Bertz CT molecular complexity index is 462. The van der Waals surface area contributed by atoms with Gasteiger partial charge in [-0.2, -0.15) is 0 Å². The highest BCUT2D eigenvalue weighted by atomic mass is 16.5. The van der Waals surface area contributed by atoms with E-state index < -0.39 is 6.10 Å². The van der Waals surface area contributed by atoms with Crippen LogP contribution in [0.15, 0.2) is 18.2 Å². The topological polar surface area (TPSA) is 73.6 Å². The van der Waals surface area contributed by atoms with Crippen molar-refractivity contribution in [2.24, 2.45) is 5.73 Å². The Hall–Kier alpha value is -1.75. The summed E-state index contributed by atoms with van der Waals surface area (Å²) in [6.07, 6.45) is 3.91. The van der Waals surface area contributed by atoms with Crippen molar-refractivity contribution in [3.63, 3.8) is 0 Å². The molecule has 21 heavy (non-hydrogen) atoms. The maximum Gasteiger partial charge on any atom is 0.260 e. The fourth-order valence-electron chi connectivity index (χ4n) is 2.64. The molecule has 0 spiro atoms. The Morgan fingerprint density at radius 2 is 2.14 bits per heavy atom. The Morgan fingerprint density at radius 1 is 1.43 bits per heavy atom. The maximum absolute atomic E-state index is 12.2. The highest BCUT2D eigenvalue weighted by molar-refractivity contribution is 5.81. The van der Waals surface area contributed by atoms with Gasteiger partial charge in [-0.05, 0) is 25.8 Å². The van der Waals surface area contributed by atoms with Crippen molar-refractivity contribution >= 4 is 5.91 Å². The maximum atomic E-state index is 12.2. The zero-order chi connectivity index (χ0) is 15.2. The number of ether oxygens (including phenoxy) is 2. The molecule has 1 aliphatic rings. The largest absolute Gasteiger partial charge is 0.493 e. The SMILES string of the molecule is COc1cccc(CN)c1OC(C)C(=O)NC1CCCC1. The molecule has 0 heterocycles. The van der Waals surface area contributed by atoms with E-state index in [1.807, 2.05) is 12.1 Å². The summed E-state index contributed by atoms with van der Waals surface area (Å²) in [7, 11) is 1.58. The number of nitrogens with two attached hydrogens (primary N) is 1. The number of rotatable bonds is 6. The summed E-state index contributed by atoms with van der Waals surface area (Å²) < 4.78 is 11.1. The van der Waals surface area contributed by atoms with Gasteiger partial charge in [-0.3, -0.25) is 4.79 Å². The molecular weight excluding hydrogens is 268 g/mol. The van der Waals surface area contributed by atoms with Crippen LogP contribution in [0.4, 0.5) is 0 Å². The molecule has 1 saturated carbocycles. The molecule has 0 aromatic heterocycles. The van der Waals surface area contributed by atoms with E-state index in [0.29, 0.717) is 18.0 Å². The van der Waals surface area contributed by atoms with Crippen LogP contribution in [0.2, 0.25) is 0 Å². The van der Waals surface area contributed by atoms with Crippen molar-refractivity contribution in [1.82, 2.24) is 5.32 Å². The molecule has 5 nitrogen and oxygen atoms in total.